The molecule has 296 valence electrons. The highest BCUT2D eigenvalue weighted by Crippen LogP contribution is 2.38. The van der Waals surface area contributed by atoms with Gasteiger partial charge in [0.05, 0.1) is 6.04 Å². The van der Waals surface area contributed by atoms with Crippen molar-refractivity contribution in [2.75, 3.05) is 0 Å². The van der Waals surface area contributed by atoms with Gasteiger partial charge in [0.25, 0.3) is 5.91 Å². The normalized spacial score (nSPS) is 17.1. The van der Waals surface area contributed by atoms with E-state index in [1.807, 2.05) is 44.2 Å². The van der Waals surface area contributed by atoms with E-state index in [0.717, 1.165) is 55.4 Å². The topological polar surface area (TPSA) is 58.2 Å². The fraction of sp³-hybridized carbons (Fsp3) is 0.560. The van der Waals surface area contributed by atoms with Crippen LogP contribution in [0.5, 0.6) is 0 Å². The molecule has 2 amide bonds. The van der Waals surface area contributed by atoms with E-state index < -0.39 is 0 Å². The standard InChI is InChI=1S/C50H74N2O2/c1-15-43(49(11,12)33-18-17-19-37-20-24-39(25-21-37)47(5,6)7)45(53)51-41-28-30-42(31-29-41)52-46(54)44(16-2)50(13,14)34-32-35(3)36(4)38-22-26-40(27-23-38)48(8,9)10/h15-16,20-28,30-31,35-36,41H,17-19,29,32-34H2,1-14H3,(H,51,53)(H,52,54). The van der Waals surface area contributed by atoms with Crippen molar-refractivity contribution >= 4 is 11.8 Å². The molecule has 54 heavy (non-hydrogen) atoms. The molecule has 0 aromatic heterocycles. The number of aryl methyl sites for hydroxylation is 1. The lowest BCUT2D eigenvalue weighted by Gasteiger charge is -2.31. The third kappa shape index (κ3) is 12.7. The van der Waals surface area contributed by atoms with E-state index in [4.69, 9.17) is 0 Å². The van der Waals surface area contributed by atoms with Gasteiger partial charge >= 0.3 is 0 Å². The second-order valence-electron chi connectivity index (χ2n) is 19.3. The first kappa shape index (κ1) is 44.7. The van der Waals surface area contributed by atoms with Gasteiger partial charge in [-0.2, -0.15) is 0 Å². The summed E-state index contributed by atoms with van der Waals surface area (Å²) in [6.07, 6.45) is 16.6. The number of hydrogen-bond acceptors (Lipinski definition) is 2. The number of hydrogen-bond donors (Lipinski definition) is 2. The number of unbranched alkanes of at least 4 members (excludes halogenated alkanes) is 1. The number of amides is 2. The molecule has 0 spiro atoms. The van der Waals surface area contributed by atoms with Gasteiger partial charge in [0.1, 0.15) is 0 Å². The van der Waals surface area contributed by atoms with Gasteiger partial charge in [-0.3, -0.25) is 9.59 Å². The maximum Gasteiger partial charge on any atom is 0.251 e. The number of rotatable bonds is 16. The second-order valence-corrected chi connectivity index (χ2v) is 19.3. The Hall–Kier alpha value is -3.66. The molecule has 0 radical (unpaired) electrons. The highest BCUT2D eigenvalue weighted by atomic mass is 16.2. The zero-order valence-corrected chi connectivity index (χ0v) is 36.5. The lowest BCUT2D eigenvalue weighted by atomic mass is 9.75. The predicted octanol–water partition coefficient (Wildman–Crippen LogP) is 12.6. The Morgan fingerprint density at radius 3 is 1.74 bits per heavy atom. The van der Waals surface area contributed by atoms with Gasteiger partial charge in [0.2, 0.25) is 5.91 Å². The first-order valence-corrected chi connectivity index (χ1v) is 20.6. The van der Waals surface area contributed by atoms with E-state index >= 15 is 0 Å². The van der Waals surface area contributed by atoms with Crippen molar-refractivity contribution in [2.45, 2.75) is 165 Å². The van der Waals surface area contributed by atoms with Crippen LogP contribution >= 0.6 is 0 Å². The fourth-order valence-electron chi connectivity index (χ4n) is 7.71. The first-order valence-electron chi connectivity index (χ1n) is 20.6. The lowest BCUT2D eigenvalue weighted by Crippen LogP contribution is -2.39. The van der Waals surface area contributed by atoms with E-state index in [-0.39, 0.29) is 39.5 Å². The van der Waals surface area contributed by atoms with Crippen LogP contribution in [-0.2, 0) is 26.8 Å². The van der Waals surface area contributed by atoms with Crippen LogP contribution in [0.15, 0.2) is 95.8 Å². The quantitative estimate of drug-likeness (QED) is 0.133. The average Bonchev–Trinajstić information content (AvgIpc) is 3.09. The molecule has 3 atom stereocenters. The summed E-state index contributed by atoms with van der Waals surface area (Å²) in [6.45, 7) is 30.8. The molecule has 2 aromatic rings. The van der Waals surface area contributed by atoms with Gasteiger partial charge in [0.15, 0.2) is 0 Å². The van der Waals surface area contributed by atoms with Crippen LogP contribution in [0.3, 0.4) is 0 Å². The molecule has 0 aliphatic heterocycles. The van der Waals surface area contributed by atoms with E-state index in [1.165, 1.54) is 22.3 Å². The molecule has 2 N–H and O–H groups in total. The van der Waals surface area contributed by atoms with E-state index in [9.17, 15) is 9.59 Å². The van der Waals surface area contributed by atoms with Crippen molar-refractivity contribution in [3.63, 3.8) is 0 Å². The zero-order valence-electron chi connectivity index (χ0n) is 36.5. The van der Waals surface area contributed by atoms with E-state index in [0.29, 0.717) is 18.3 Å². The van der Waals surface area contributed by atoms with Crippen molar-refractivity contribution in [3.05, 3.63) is 118 Å². The summed E-state index contributed by atoms with van der Waals surface area (Å²) >= 11 is 0. The van der Waals surface area contributed by atoms with Crippen molar-refractivity contribution in [2.24, 2.45) is 16.7 Å². The van der Waals surface area contributed by atoms with Gasteiger partial charge in [-0.05, 0) is 114 Å². The number of benzene rings is 2. The Kier molecular flexibility index (Phi) is 15.6. The van der Waals surface area contributed by atoms with E-state index in [1.54, 1.807) is 0 Å². The lowest BCUT2D eigenvalue weighted by molar-refractivity contribution is -0.119. The van der Waals surface area contributed by atoms with Crippen LogP contribution in [0.1, 0.15) is 164 Å². The maximum atomic E-state index is 13.6. The summed E-state index contributed by atoms with van der Waals surface area (Å²) in [4.78, 5) is 27.1. The predicted molar refractivity (Wildman–Crippen MR) is 232 cm³/mol. The molecule has 0 fully saturated rings. The summed E-state index contributed by atoms with van der Waals surface area (Å²) in [6, 6.07) is 18.0. The van der Waals surface area contributed by atoms with Crippen LogP contribution in [0.4, 0.5) is 0 Å². The molecule has 0 bridgehead atoms. The minimum atomic E-state index is -0.272. The summed E-state index contributed by atoms with van der Waals surface area (Å²) in [5.74, 6) is 0.849. The molecule has 0 saturated carbocycles. The van der Waals surface area contributed by atoms with Gasteiger partial charge in [-0.25, -0.2) is 0 Å². The minimum Gasteiger partial charge on any atom is -0.346 e. The molecule has 0 saturated heterocycles. The zero-order chi connectivity index (χ0) is 40.5. The van der Waals surface area contributed by atoms with E-state index in [2.05, 4.69) is 142 Å². The molecule has 0 heterocycles. The fourth-order valence-corrected chi connectivity index (χ4v) is 7.71. The van der Waals surface area contributed by atoms with Crippen molar-refractivity contribution in [1.29, 1.82) is 0 Å². The van der Waals surface area contributed by atoms with Crippen LogP contribution in [-0.4, -0.2) is 17.9 Å². The van der Waals surface area contributed by atoms with Crippen molar-refractivity contribution in [3.8, 4) is 0 Å². The van der Waals surface area contributed by atoms with Crippen LogP contribution in [0.2, 0.25) is 0 Å². The van der Waals surface area contributed by atoms with Crippen molar-refractivity contribution < 1.29 is 9.59 Å². The Morgan fingerprint density at radius 1 is 0.722 bits per heavy atom. The number of allylic oxidation sites excluding steroid dienone is 3. The monoisotopic (exact) mass is 735 g/mol. The largest absolute Gasteiger partial charge is 0.346 e. The van der Waals surface area contributed by atoms with Crippen LogP contribution in [0, 0.1) is 16.7 Å². The highest BCUT2D eigenvalue weighted by molar-refractivity contribution is 5.96. The Morgan fingerprint density at radius 2 is 1.24 bits per heavy atom. The highest BCUT2D eigenvalue weighted by Gasteiger charge is 2.31. The number of carbonyl (C=O) groups is 2. The summed E-state index contributed by atoms with van der Waals surface area (Å²) in [5, 5.41) is 6.39. The number of nitrogens with one attached hydrogen (secondary N) is 2. The SMILES string of the molecule is CC=C(C(=O)NC1=CCC(NC(=O)C(=CC)C(C)(C)CCCCc2ccc(C(C)(C)C)cc2)C=C1)C(C)(C)CCC(C)C(C)c1ccc(C(C)(C)C)cc1. The minimum absolute atomic E-state index is 0.0146. The summed E-state index contributed by atoms with van der Waals surface area (Å²) in [7, 11) is 0. The van der Waals surface area contributed by atoms with Gasteiger partial charge in [-0.1, -0.05) is 162 Å². The molecule has 4 heteroatoms. The molecule has 3 unspecified atom stereocenters. The van der Waals surface area contributed by atoms with Gasteiger partial charge in [0, 0.05) is 16.8 Å². The Bertz CT molecular complexity index is 1670. The summed E-state index contributed by atoms with van der Waals surface area (Å²) in [5.41, 5.74) is 7.69. The average molecular weight is 735 g/mol. The molecular formula is C50H74N2O2. The Labute approximate surface area is 330 Å². The van der Waals surface area contributed by atoms with Crippen molar-refractivity contribution in [1.82, 2.24) is 10.6 Å². The molecular weight excluding hydrogens is 661 g/mol. The van der Waals surface area contributed by atoms with Gasteiger partial charge in [-0.15, -0.1) is 0 Å². The van der Waals surface area contributed by atoms with Crippen LogP contribution in [0.25, 0.3) is 0 Å². The number of carbonyl (C=O) groups excluding carboxylic acids is 2. The third-order valence-corrected chi connectivity index (χ3v) is 11.9. The summed E-state index contributed by atoms with van der Waals surface area (Å²) < 4.78 is 0. The maximum absolute atomic E-state index is 13.6. The molecule has 3 rings (SSSR count). The molecule has 4 nitrogen and oxygen atoms in total. The molecule has 1 aliphatic rings. The molecule has 1 aliphatic carbocycles. The smallest absolute Gasteiger partial charge is 0.251 e. The molecule has 2 aromatic carbocycles. The first-order chi connectivity index (χ1) is 25.1. The Balaban J connectivity index is 1.48. The second kappa shape index (κ2) is 18.8. The van der Waals surface area contributed by atoms with Gasteiger partial charge < -0.3 is 10.6 Å². The van der Waals surface area contributed by atoms with Crippen LogP contribution < -0.4 is 10.6 Å². The third-order valence-electron chi connectivity index (χ3n) is 11.9.